The van der Waals surface area contributed by atoms with Crippen molar-refractivity contribution in [3.63, 3.8) is 0 Å². The van der Waals surface area contributed by atoms with Crippen LogP contribution in [-0.4, -0.2) is 51.3 Å². The minimum atomic E-state index is 0.0698. The molecule has 5 rings (SSSR count). The molecule has 4 aromatic rings. The number of Topliss-reactive ketones (excluding diaryl/α,β-unsaturated/α-hetero) is 1. The number of fused-ring (bicyclic) bond motifs is 1. The Morgan fingerprint density at radius 2 is 1.97 bits per heavy atom. The van der Waals surface area contributed by atoms with Crippen LogP contribution >= 0.6 is 0 Å². The smallest absolute Gasteiger partial charge is 0.138 e. The molecule has 33 heavy (non-hydrogen) atoms. The van der Waals surface area contributed by atoms with Crippen molar-refractivity contribution in [2.45, 2.75) is 32.3 Å². The van der Waals surface area contributed by atoms with Crippen molar-refractivity contribution in [1.82, 2.24) is 19.7 Å². The van der Waals surface area contributed by atoms with Gasteiger partial charge in [0.05, 0.1) is 36.3 Å². The largest absolute Gasteiger partial charge is 0.375 e. The molecule has 168 valence electrons. The van der Waals surface area contributed by atoms with Crippen LogP contribution in [0.15, 0.2) is 67.1 Å². The number of rotatable bonds is 7. The number of morpholine rings is 1. The summed E-state index contributed by atoms with van der Waals surface area (Å²) in [7, 11) is 0. The Labute approximate surface area is 193 Å². The predicted octanol–water partition coefficient (Wildman–Crippen LogP) is 3.92. The van der Waals surface area contributed by atoms with E-state index >= 15 is 0 Å². The minimum absolute atomic E-state index is 0.0698. The van der Waals surface area contributed by atoms with Crippen molar-refractivity contribution < 1.29 is 9.53 Å². The molecule has 4 heterocycles. The number of aryl methyl sites for hydroxylation is 1. The Morgan fingerprint density at radius 1 is 1.09 bits per heavy atom. The van der Waals surface area contributed by atoms with E-state index in [4.69, 9.17) is 4.74 Å². The summed E-state index contributed by atoms with van der Waals surface area (Å²) >= 11 is 0. The topological polar surface area (TPSA) is 73.1 Å². The van der Waals surface area contributed by atoms with Gasteiger partial charge in [-0.2, -0.15) is 5.10 Å². The Hall–Kier alpha value is -3.58. The van der Waals surface area contributed by atoms with Gasteiger partial charge < -0.3 is 9.64 Å². The van der Waals surface area contributed by atoms with Crippen LogP contribution in [0.3, 0.4) is 0 Å². The Bertz CT molecular complexity index is 1250. The number of nitrogens with zero attached hydrogens (tertiary/aromatic N) is 5. The first kappa shape index (κ1) is 21.3. The molecule has 0 aliphatic carbocycles. The molecule has 0 saturated carbocycles. The molecule has 1 fully saturated rings. The number of anilines is 1. The number of pyridine rings is 2. The number of benzene rings is 1. The maximum atomic E-state index is 12.7. The molecule has 0 spiro atoms. The highest BCUT2D eigenvalue weighted by atomic mass is 16.5. The number of para-hydroxylation sites is 1. The third-order valence-corrected chi connectivity index (χ3v) is 6.02. The van der Waals surface area contributed by atoms with Gasteiger partial charge in [0.2, 0.25) is 0 Å². The molecule has 3 aromatic heterocycles. The van der Waals surface area contributed by atoms with Crippen LogP contribution < -0.4 is 4.90 Å². The van der Waals surface area contributed by atoms with Gasteiger partial charge in [-0.1, -0.05) is 18.2 Å². The van der Waals surface area contributed by atoms with E-state index in [-0.39, 0.29) is 11.9 Å². The highest BCUT2D eigenvalue weighted by Gasteiger charge is 2.21. The van der Waals surface area contributed by atoms with Crippen molar-refractivity contribution in [2.75, 3.05) is 24.6 Å². The Balaban J connectivity index is 1.19. The van der Waals surface area contributed by atoms with Crippen molar-refractivity contribution >= 4 is 22.4 Å². The van der Waals surface area contributed by atoms with Gasteiger partial charge in [-0.3, -0.25) is 14.8 Å². The SMILES string of the molecule is Cc1cc(-n2ncc3cc(CC(=O)CCC4CN(c5ccccc5)CCO4)ncc32)ccn1. The summed E-state index contributed by atoms with van der Waals surface area (Å²) in [4.78, 5) is 23.8. The summed E-state index contributed by atoms with van der Waals surface area (Å²) in [6.07, 6.45) is 6.99. The summed E-state index contributed by atoms with van der Waals surface area (Å²) in [5, 5.41) is 5.47. The van der Waals surface area contributed by atoms with E-state index in [0.717, 1.165) is 47.5 Å². The molecular weight excluding hydrogens is 414 g/mol. The molecule has 0 radical (unpaired) electrons. The average Bonchev–Trinajstić information content (AvgIpc) is 3.27. The van der Waals surface area contributed by atoms with Gasteiger partial charge in [-0.15, -0.1) is 0 Å². The molecule has 0 N–H and O–H groups in total. The summed E-state index contributed by atoms with van der Waals surface area (Å²) < 4.78 is 7.76. The first-order valence-electron chi connectivity index (χ1n) is 11.3. The van der Waals surface area contributed by atoms with E-state index in [0.29, 0.717) is 19.4 Å². The second-order valence-electron chi connectivity index (χ2n) is 8.47. The molecule has 1 aromatic carbocycles. The second kappa shape index (κ2) is 9.50. The van der Waals surface area contributed by atoms with E-state index in [2.05, 4.69) is 44.2 Å². The average molecular weight is 442 g/mol. The summed E-state index contributed by atoms with van der Waals surface area (Å²) in [6, 6.07) is 16.2. The number of ether oxygens (including phenoxy) is 1. The second-order valence-corrected chi connectivity index (χ2v) is 8.47. The van der Waals surface area contributed by atoms with Crippen LogP contribution in [0.25, 0.3) is 16.6 Å². The number of carbonyl (C=O) groups excluding carboxylic acids is 1. The molecule has 0 bridgehead atoms. The molecular formula is C26H27N5O2. The fourth-order valence-corrected chi connectivity index (χ4v) is 4.32. The normalized spacial score (nSPS) is 16.3. The Morgan fingerprint density at radius 3 is 2.82 bits per heavy atom. The number of ketones is 1. The Kier molecular flexibility index (Phi) is 6.13. The molecule has 1 unspecified atom stereocenters. The maximum Gasteiger partial charge on any atom is 0.138 e. The monoisotopic (exact) mass is 441 g/mol. The lowest BCUT2D eigenvalue weighted by molar-refractivity contribution is -0.119. The fraction of sp³-hybridized carbons (Fsp3) is 0.308. The van der Waals surface area contributed by atoms with Crippen molar-refractivity contribution in [1.29, 1.82) is 0 Å². The molecule has 7 heteroatoms. The van der Waals surface area contributed by atoms with Gasteiger partial charge >= 0.3 is 0 Å². The third kappa shape index (κ3) is 4.93. The summed E-state index contributed by atoms with van der Waals surface area (Å²) in [6.45, 7) is 4.34. The highest BCUT2D eigenvalue weighted by Crippen LogP contribution is 2.21. The number of carbonyl (C=O) groups is 1. The maximum absolute atomic E-state index is 12.7. The van der Waals surface area contributed by atoms with E-state index in [9.17, 15) is 4.79 Å². The first-order chi connectivity index (χ1) is 16.2. The lowest BCUT2D eigenvalue weighted by Crippen LogP contribution is -2.42. The van der Waals surface area contributed by atoms with Crippen LogP contribution in [0.1, 0.15) is 24.2 Å². The molecule has 1 saturated heterocycles. The molecule has 0 amide bonds. The first-order valence-corrected chi connectivity index (χ1v) is 11.3. The zero-order valence-electron chi connectivity index (χ0n) is 18.7. The van der Waals surface area contributed by atoms with Gasteiger partial charge in [0.1, 0.15) is 5.78 Å². The van der Waals surface area contributed by atoms with Gasteiger partial charge in [0.15, 0.2) is 0 Å². The van der Waals surface area contributed by atoms with Gasteiger partial charge in [-0.05, 0) is 43.7 Å². The van der Waals surface area contributed by atoms with Crippen LogP contribution in [0.2, 0.25) is 0 Å². The third-order valence-electron chi connectivity index (χ3n) is 6.02. The van der Waals surface area contributed by atoms with Crippen LogP contribution in [0.4, 0.5) is 5.69 Å². The number of hydrogen-bond acceptors (Lipinski definition) is 6. The van der Waals surface area contributed by atoms with E-state index in [1.165, 1.54) is 5.69 Å². The molecule has 7 nitrogen and oxygen atoms in total. The van der Waals surface area contributed by atoms with Crippen molar-refractivity contribution in [3.05, 3.63) is 78.5 Å². The molecule has 1 atom stereocenters. The molecule has 1 aliphatic rings. The van der Waals surface area contributed by atoms with Crippen LogP contribution in [-0.2, 0) is 16.0 Å². The van der Waals surface area contributed by atoms with Crippen molar-refractivity contribution in [3.8, 4) is 5.69 Å². The lowest BCUT2D eigenvalue weighted by Gasteiger charge is -2.34. The van der Waals surface area contributed by atoms with E-state index < -0.39 is 0 Å². The van der Waals surface area contributed by atoms with Gasteiger partial charge in [0.25, 0.3) is 0 Å². The van der Waals surface area contributed by atoms with Crippen LogP contribution in [0, 0.1) is 6.92 Å². The number of aromatic nitrogens is 4. The van der Waals surface area contributed by atoms with Gasteiger partial charge in [0, 0.05) is 54.6 Å². The van der Waals surface area contributed by atoms with Crippen LogP contribution in [0.5, 0.6) is 0 Å². The standard InChI is InChI=1S/C26H27N5O2/c1-19-13-23(9-10-27-19)31-26-17-28-21(14-20(26)16-29-31)15-24(32)7-8-25-18-30(11-12-33-25)22-5-3-2-4-6-22/h2-6,9-10,13-14,16-17,25H,7-8,11-12,15,18H2,1H3. The lowest BCUT2D eigenvalue weighted by atomic mass is 10.1. The highest BCUT2D eigenvalue weighted by molar-refractivity contribution is 5.83. The number of hydrogen-bond donors (Lipinski definition) is 0. The van der Waals surface area contributed by atoms with E-state index in [1.807, 2.05) is 42.1 Å². The van der Waals surface area contributed by atoms with Gasteiger partial charge in [-0.25, -0.2) is 4.68 Å². The summed E-state index contributed by atoms with van der Waals surface area (Å²) in [5.74, 6) is 0.180. The summed E-state index contributed by atoms with van der Waals surface area (Å²) in [5.41, 5.74) is 4.76. The predicted molar refractivity (Wildman–Crippen MR) is 128 cm³/mol. The fourth-order valence-electron chi connectivity index (χ4n) is 4.32. The zero-order valence-corrected chi connectivity index (χ0v) is 18.7. The molecule has 1 aliphatic heterocycles. The van der Waals surface area contributed by atoms with E-state index in [1.54, 1.807) is 12.4 Å². The minimum Gasteiger partial charge on any atom is -0.375 e. The quantitative estimate of drug-likeness (QED) is 0.433. The zero-order chi connectivity index (χ0) is 22.6. The van der Waals surface area contributed by atoms with Crippen molar-refractivity contribution in [2.24, 2.45) is 0 Å².